The number of carbonyl (C=O) groups is 1. The maximum atomic E-state index is 13.0. The topological polar surface area (TPSA) is 42.2 Å². The van der Waals surface area contributed by atoms with Gasteiger partial charge in [0.1, 0.15) is 17.3 Å². The average molecular weight is 374 g/mol. The summed E-state index contributed by atoms with van der Waals surface area (Å²) in [5.41, 5.74) is 1.87. The van der Waals surface area contributed by atoms with Gasteiger partial charge in [-0.1, -0.05) is 15.9 Å². The van der Waals surface area contributed by atoms with Crippen molar-refractivity contribution in [3.05, 3.63) is 76.2 Å². The number of furan rings is 1. The molecule has 0 saturated carbocycles. The largest absolute Gasteiger partial charge is 0.461 e. The van der Waals surface area contributed by atoms with Crippen LogP contribution in [0.1, 0.15) is 16.1 Å². The molecule has 1 heterocycles. The van der Waals surface area contributed by atoms with E-state index in [1.165, 1.54) is 12.1 Å². The van der Waals surface area contributed by atoms with Gasteiger partial charge in [0.2, 0.25) is 0 Å². The molecule has 1 amide bonds. The van der Waals surface area contributed by atoms with Crippen LogP contribution in [0.15, 0.2) is 63.5 Å². The van der Waals surface area contributed by atoms with Gasteiger partial charge in [-0.3, -0.25) is 4.79 Å². The Kier molecular flexibility index (Phi) is 4.30. The lowest BCUT2D eigenvalue weighted by molar-refractivity contribution is 0.102. The SMILES string of the molecule is Cc1oc(-c2ccc(F)cc2)cc1C(=O)Nc1ccc(Br)cc1. The van der Waals surface area contributed by atoms with Crippen molar-refractivity contribution in [2.45, 2.75) is 6.92 Å². The van der Waals surface area contributed by atoms with Crippen molar-refractivity contribution in [1.29, 1.82) is 0 Å². The molecule has 116 valence electrons. The molecule has 0 aliphatic carbocycles. The van der Waals surface area contributed by atoms with Crippen LogP contribution in [0.2, 0.25) is 0 Å². The fraction of sp³-hybridized carbons (Fsp3) is 0.0556. The van der Waals surface area contributed by atoms with Crippen molar-refractivity contribution < 1.29 is 13.6 Å². The first kappa shape index (κ1) is 15.5. The maximum Gasteiger partial charge on any atom is 0.259 e. The summed E-state index contributed by atoms with van der Waals surface area (Å²) < 4.78 is 19.6. The molecule has 0 radical (unpaired) electrons. The summed E-state index contributed by atoms with van der Waals surface area (Å²) in [6.07, 6.45) is 0. The molecular formula is C18H13BrFNO2. The normalized spacial score (nSPS) is 10.6. The van der Waals surface area contributed by atoms with Crippen molar-refractivity contribution in [2.24, 2.45) is 0 Å². The second kappa shape index (κ2) is 6.38. The monoisotopic (exact) mass is 373 g/mol. The molecule has 3 aromatic rings. The number of amides is 1. The van der Waals surface area contributed by atoms with Crippen LogP contribution >= 0.6 is 15.9 Å². The van der Waals surface area contributed by atoms with E-state index in [0.717, 1.165) is 10.0 Å². The van der Waals surface area contributed by atoms with Gasteiger partial charge in [-0.15, -0.1) is 0 Å². The first-order chi connectivity index (χ1) is 11.0. The third-order valence-corrected chi connectivity index (χ3v) is 3.92. The molecule has 2 aromatic carbocycles. The second-order valence-electron chi connectivity index (χ2n) is 5.05. The smallest absolute Gasteiger partial charge is 0.259 e. The Morgan fingerprint density at radius 2 is 1.74 bits per heavy atom. The van der Waals surface area contributed by atoms with Gasteiger partial charge < -0.3 is 9.73 Å². The van der Waals surface area contributed by atoms with Crippen molar-refractivity contribution in [3.8, 4) is 11.3 Å². The third-order valence-electron chi connectivity index (χ3n) is 3.39. The Bertz CT molecular complexity index is 838. The molecule has 0 saturated heterocycles. The maximum absolute atomic E-state index is 13.0. The summed E-state index contributed by atoms with van der Waals surface area (Å²) in [5.74, 6) is 0.481. The van der Waals surface area contributed by atoms with E-state index in [2.05, 4.69) is 21.2 Å². The Hall–Kier alpha value is -2.40. The lowest BCUT2D eigenvalue weighted by atomic mass is 10.1. The van der Waals surface area contributed by atoms with Crippen LogP contribution in [0.4, 0.5) is 10.1 Å². The Labute approximate surface area is 141 Å². The van der Waals surface area contributed by atoms with E-state index in [9.17, 15) is 9.18 Å². The Morgan fingerprint density at radius 1 is 1.09 bits per heavy atom. The van der Waals surface area contributed by atoms with Crippen LogP contribution in [-0.4, -0.2) is 5.91 Å². The average Bonchev–Trinajstić information content (AvgIpc) is 2.92. The van der Waals surface area contributed by atoms with E-state index in [-0.39, 0.29) is 11.7 Å². The first-order valence-electron chi connectivity index (χ1n) is 6.96. The number of hydrogen-bond acceptors (Lipinski definition) is 2. The summed E-state index contributed by atoms with van der Waals surface area (Å²) in [7, 11) is 0. The number of anilines is 1. The van der Waals surface area contributed by atoms with E-state index < -0.39 is 0 Å². The molecular weight excluding hydrogens is 361 g/mol. The lowest BCUT2D eigenvalue weighted by Gasteiger charge is -2.03. The molecule has 1 N–H and O–H groups in total. The zero-order valence-electron chi connectivity index (χ0n) is 12.3. The van der Waals surface area contributed by atoms with Crippen molar-refractivity contribution >= 4 is 27.5 Å². The van der Waals surface area contributed by atoms with Crippen LogP contribution in [0, 0.1) is 12.7 Å². The molecule has 0 unspecified atom stereocenters. The van der Waals surface area contributed by atoms with Crippen LogP contribution in [0.25, 0.3) is 11.3 Å². The fourth-order valence-corrected chi connectivity index (χ4v) is 2.46. The van der Waals surface area contributed by atoms with E-state index >= 15 is 0 Å². The number of nitrogens with one attached hydrogen (secondary N) is 1. The summed E-state index contributed by atoms with van der Waals surface area (Å²) in [5, 5.41) is 2.82. The third kappa shape index (κ3) is 3.51. The van der Waals surface area contributed by atoms with Gasteiger partial charge in [0, 0.05) is 15.7 Å². The Morgan fingerprint density at radius 3 is 2.39 bits per heavy atom. The molecule has 1 aromatic heterocycles. The summed E-state index contributed by atoms with van der Waals surface area (Å²) >= 11 is 3.35. The first-order valence-corrected chi connectivity index (χ1v) is 7.75. The molecule has 3 rings (SSSR count). The zero-order chi connectivity index (χ0) is 16.4. The molecule has 0 fully saturated rings. The van der Waals surface area contributed by atoms with Gasteiger partial charge in [0.25, 0.3) is 5.91 Å². The van der Waals surface area contributed by atoms with Crippen molar-refractivity contribution in [3.63, 3.8) is 0 Å². The molecule has 5 heteroatoms. The standard InChI is InChI=1S/C18H13BrFNO2/c1-11-16(18(22)21-15-8-4-13(19)5-9-15)10-17(23-11)12-2-6-14(20)7-3-12/h2-10H,1H3,(H,21,22). The summed E-state index contributed by atoms with van der Waals surface area (Å²) in [4.78, 5) is 12.4. The second-order valence-corrected chi connectivity index (χ2v) is 5.96. The minimum absolute atomic E-state index is 0.248. The molecule has 0 bridgehead atoms. The minimum Gasteiger partial charge on any atom is -0.461 e. The van der Waals surface area contributed by atoms with E-state index in [1.54, 1.807) is 37.3 Å². The van der Waals surface area contributed by atoms with E-state index in [0.29, 0.717) is 22.8 Å². The van der Waals surface area contributed by atoms with E-state index in [1.807, 2.05) is 12.1 Å². The highest BCUT2D eigenvalue weighted by Gasteiger charge is 2.16. The molecule has 3 nitrogen and oxygen atoms in total. The highest BCUT2D eigenvalue weighted by atomic mass is 79.9. The lowest BCUT2D eigenvalue weighted by Crippen LogP contribution is -2.11. The van der Waals surface area contributed by atoms with Crippen LogP contribution in [0.5, 0.6) is 0 Å². The number of rotatable bonds is 3. The number of carbonyl (C=O) groups excluding carboxylic acids is 1. The highest BCUT2D eigenvalue weighted by molar-refractivity contribution is 9.10. The minimum atomic E-state index is -0.315. The summed E-state index contributed by atoms with van der Waals surface area (Å²) in [6.45, 7) is 1.73. The van der Waals surface area contributed by atoms with Gasteiger partial charge >= 0.3 is 0 Å². The van der Waals surface area contributed by atoms with Crippen LogP contribution in [0.3, 0.4) is 0 Å². The number of benzene rings is 2. The van der Waals surface area contributed by atoms with Gasteiger partial charge in [0.15, 0.2) is 0 Å². The van der Waals surface area contributed by atoms with Gasteiger partial charge in [0.05, 0.1) is 5.56 Å². The van der Waals surface area contributed by atoms with Crippen molar-refractivity contribution in [1.82, 2.24) is 0 Å². The number of hydrogen-bond donors (Lipinski definition) is 1. The molecule has 0 aliphatic heterocycles. The molecule has 0 atom stereocenters. The van der Waals surface area contributed by atoms with Gasteiger partial charge in [-0.05, 0) is 61.5 Å². The predicted octanol–water partition coefficient (Wildman–Crippen LogP) is 5.41. The van der Waals surface area contributed by atoms with Crippen LogP contribution < -0.4 is 5.32 Å². The van der Waals surface area contributed by atoms with Crippen LogP contribution in [-0.2, 0) is 0 Å². The number of halogens is 2. The van der Waals surface area contributed by atoms with Gasteiger partial charge in [-0.25, -0.2) is 4.39 Å². The zero-order valence-corrected chi connectivity index (χ0v) is 13.9. The molecule has 0 spiro atoms. The van der Waals surface area contributed by atoms with E-state index in [4.69, 9.17) is 4.42 Å². The van der Waals surface area contributed by atoms with Gasteiger partial charge in [-0.2, -0.15) is 0 Å². The highest BCUT2D eigenvalue weighted by Crippen LogP contribution is 2.26. The van der Waals surface area contributed by atoms with Crippen molar-refractivity contribution in [2.75, 3.05) is 5.32 Å². The Balaban J connectivity index is 1.84. The fourth-order valence-electron chi connectivity index (χ4n) is 2.20. The predicted molar refractivity (Wildman–Crippen MR) is 90.9 cm³/mol. The summed E-state index contributed by atoms with van der Waals surface area (Å²) in [6, 6.07) is 14.9. The molecule has 23 heavy (non-hydrogen) atoms. The quantitative estimate of drug-likeness (QED) is 0.666. The number of aryl methyl sites for hydroxylation is 1. The molecule has 0 aliphatic rings.